The van der Waals surface area contributed by atoms with E-state index >= 15 is 0 Å². The third-order valence-electron chi connectivity index (χ3n) is 0.749. The summed E-state index contributed by atoms with van der Waals surface area (Å²) < 4.78 is 0.659. The summed E-state index contributed by atoms with van der Waals surface area (Å²) >= 11 is 1.98. The highest BCUT2D eigenvalue weighted by molar-refractivity contribution is 14.1. The first-order valence-corrected chi connectivity index (χ1v) is 3.28. The SMILES string of the molecule is N#Cc1cnc(I)nc1. The van der Waals surface area contributed by atoms with Crippen LogP contribution in [0.3, 0.4) is 0 Å². The lowest BCUT2D eigenvalue weighted by Crippen LogP contribution is -1.85. The van der Waals surface area contributed by atoms with E-state index in [0.717, 1.165) is 0 Å². The molecule has 9 heavy (non-hydrogen) atoms. The van der Waals surface area contributed by atoms with Gasteiger partial charge in [0.05, 0.1) is 5.56 Å². The van der Waals surface area contributed by atoms with E-state index < -0.39 is 0 Å². The van der Waals surface area contributed by atoms with Gasteiger partial charge in [-0.15, -0.1) is 0 Å². The number of rotatable bonds is 0. The molecule has 1 rings (SSSR count). The van der Waals surface area contributed by atoms with Crippen molar-refractivity contribution < 1.29 is 0 Å². The normalized spacial score (nSPS) is 8.44. The minimum Gasteiger partial charge on any atom is -0.230 e. The monoisotopic (exact) mass is 231 g/mol. The zero-order chi connectivity index (χ0) is 6.69. The second-order valence-corrected chi connectivity index (χ2v) is 2.32. The van der Waals surface area contributed by atoms with Gasteiger partial charge in [-0.2, -0.15) is 5.26 Å². The van der Waals surface area contributed by atoms with E-state index in [2.05, 4.69) is 9.97 Å². The molecule has 0 saturated heterocycles. The van der Waals surface area contributed by atoms with Gasteiger partial charge >= 0.3 is 0 Å². The third-order valence-corrected chi connectivity index (χ3v) is 1.31. The second kappa shape index (κ2) is 2.73. The maximum atomic E-state index is 8.30. The molecule has 0 amide bonds. The van der Waals surface area contributed by atoms with E-state index in [-0.39, 0.29) is 0 Å². The lowest BCUT2D eigenvalue weighted by Gasteiger charge is -1.85. The van der Waals surface area contributed by atoms with E-state index in [1.54, 1.807) is 0 Å². The highest BCUT2D eigenvalue weighted by Gasteiger charge is 1.89. The lowest BCUT2D eigenvalue weighted by atomic mass is 10.4. The molecule has 0 N–H and O–H groups in total. The molecule has 4 heteroatoms. The fourth-order valence-corrected chi connectivity index (χ4v) is 0.649. The molecule has 0 aromatic carbocycles. The minimum absolute atomic E-state index is 0.496. The third kappa shape index (κ3) is 1.61. The van der Waals surface area contributed by atoms with E-state index in [1.165, 1.54) is 12.4 Å². The molecule has 0 unspecified atom stereocenters. The van der Waals surface area contributed by atoms with Crippen molar-refractivity contribution in [1.29, 1.82) is 5.26 Å². The summed E-state index contributed by atoms with van der Waals surface area (Å²) in [4.78, 5) is 7.61. The van der Waals surface area contributed by atoms with Crippen LogP contribution >= 0.6 is 22.6 Å². The fourth-order valence-electron chi connectivity index (χ4n) is 0.370. The Morgan fingerprint density at radius 3 is 2.44 bits per heavy atom. The molecule has 0 bridgehead atoms. The Hall–Kier alpha value is -0.700. The zero-order valence-electron chi connectivity index (χ0n) is 4.37. The molecule has 0 radical (unpaired) electrons. The Balaban J connectivity index is 3.06. The molecule has 0 fully saturated rings. The Bertz CT molecular complexity index is 235. The second-order valence-electron chi connectivity index (χ2n) is 1.35. The maximum absolute atomic E-state index is 8.30. The van der Waals surface area contributed by atoms with Gasteiger partial charge in [0.15, 0.2) is 3.83 Å². The molecule has 3 nitrogen and oxygen atoms in total. The fraction of sp³-hybridized carbons (Fsp3) is 0. The predicted octanol–water partition coefficient (Wildman–Crippen LogP) is 0.953. The van der Waals surface area contributed by atoms with Gasteiger partial charge in [0.1, 0.15) is 6.07 Å². The molecule has 0 aliphatic heterocycles. The van der Waals surface area contributed by atoms with Gasteiger partial charge in [0.2, 0.25) is 0 Å². The summed E-state index contributed by atoms with van der Waals surface area (Å²) in [6.07, 6.45) is 2.99. The first-order chi connectivity index (χ1) is 4.33. The average molecular weight is 231 g/mol. The van der Waals surface area contributed by atoms with Gasteiger partial charge in [-0.1, -0.05) is 0 Å². The van der Waals surface area contributed by atoms with Crippen molar-refractivity contribution in [3.8, 4) is 6.07 Å². The predicted molar refractivity (Wildman–Crippen MR) is 39.5 cm³/mol. The van der Waals surface area contributed by atoms with Gasteiger partial charge in [-0.3, -0.25) is 0 Å². The van der Waals surface area contributed by atoms with Crippen LogP contribution in [0.15, 0.2) is 12.4 Å². The van der Waals surface area contributed by atoms with Crippen molar-refractivity contribution in [2.75, 3.05) is 0 Å². The van der Waals surface area contributed by atoms with Crippen molar-refractivity contribution in [2.45, 2.75) is 0 Å². The van der Waals surface area contributed by atoms with Crippen molar-refractivity contribution in [1.82, 2.24) is 9.97 Å². The van der Waals surface area contributed by atoms with Crippen molar-refractivity contribution in [3.05, 3.63) is 21.8 Å². The Morgan fingerprint density at radius 1 is 1.44 bits per heavy atom. The van der Waals surface area contributed by atoms with E-state index in [0.29, 0.717) is 9.39 Å². The van der Waals surface area contributed by atoms with Gasteiger partial charge < -0.3 is 0 Å². The van der Waals surface area contributed by atoms with Crippen LogP contribution in [0.1, 0.15) is 5.56 Å². The molecule has 1 aromatic rings. The molecular formula is C5H2IN3. The number of halogens is 1. The highest BCUT2D eigenvalue weighted by Crippen LogP contribution is 1.95. The number of nitriles is 1. The maximum Gasteiger partial charge on any atom is 0.190 e. The molecule has 1 aromatic heterocycles. The molecular weight excluding hydrogens is 229 g/mol. The highest BCUT2D eigenvalue weighted by atomic mass is 127. The summed E-state index contributed by atoms with van der Waals surface area (Å²) in [6.45, 7) is 0. The van der Waals surface area contributed by atoms with E-state index in [1.807, 2.05) is 28.7 Å². The number of aromatic nitrogens is 2. The molecule has 1 heterocycles. The van der Waals surface area contributed by atoms with Gasteiger partial charge in [0, 0.05) is 35.0 Å². The van der Waals surface area contributed by atoms with Crippen LogP contribution in [0.2, 0.25) is 0 Å². The van der Waals surface area contributed by atoms with Crippen molar-refractivity contribution in [2.24, 2.45) is 0 Å². The topological polar surface area (TPSA) is 49.6 Å². The largest absolute Gasteiger partial charge is 0.230 e. The summed E-state index contributed by atoms with van der Waals surface area (Å²) in [5.41, 5.74) is 0.496. The number of hydrogen-bond acceptors (Lipinski definition) is 3. The Morgan fingerprint density at radius 2 is 2.00 bits per heavy atom. The Labute approximate surface area is 65.9 Å². The van der Waals surface area contributed by atoms with Crippen LogP contribution in [0.4, 0.5) is 0 Å². The first-order valence-electron chi connectivity index (χ1n) is 2.20. The lowest BCUT2D eigenvalue weighted by molar-refractivity contribution is 1.09. The van der Waals surface area contributed by atoms with Gasteiger partial charge in [-0.25, -0.2) is 9.97 Å². The molecule has 44 valence electrons. The molecule has 0 aliphatic rings. The summed E-state index contributed by atoms with van der Waals surface area (Å²) in [7, 11) is 0. The molecule has 0 atom stereocenters. The van der Waals surface area contributed by atoms with Crippen LogP contribution in [0.5, 0.6) is 0 Å². The summed E-state index contributed by atoms with van der Waals surface area (Å²) in [5.74, 6) is 0. The molecule has 0 aliphatic carbocycles. The van der Waals surface area contributed by atoms with Crippen LogP contribution in [0, 0.1) is 15.2 Å². The van der Waals surface area contributed by atoms with Gasteiger partial charge in [0.25, 0.3) is 0 Å². The smallest absolute Gasteiger partial charge is 0.190 e. The minimum atomic E-state index is 0.496. The van der Waals surface area contributed by atoms with Crippen molar-refractivity contribution >= 4 is 22.6 Å². The van der Waals surface area contributed by atoms with Crippen LogP contribution < -0.4 is 0 Å². The average Bonchev–Trinajstić information content (AvgIpc) is 1.90. The Kier molecular flexibility index (Phi) is 1.95. The standard InChI is InChI=1S/C5H2IN3/c6-5-8-2-4(1-7)3-9-5/h2-3H. The quantitative estimate of drug-likeness (QED) is 0.493. The number of nitrogens with zero attached hydrogens (tertiary/aromatic N) is 3. The van der Waals surface area contributed by atoms with Crippen molar-refractivity contribution in [3.63, 3.8) is 0 Å². The molecule has 0 spiro atoms. The zero-order valence-corrected chi connectivity index (χ0v) is 6.53. The van der Waals surface area contributed by atoms with E-state index in [4.69, 9.17) is 5.26 Å². The van der Waals surface area contributed by atoms with Gasteiger partial charge in [-0.05, 0) is 0 Å². The van der Waals surface area contributed by atoms with E-state index in [9.17, 15) is 0 Å². The number of hydrogen-bond donors (Lipinski definition) is 0. The van der Waals surface area contributed by atoms with Crippen LogP contribution in [-0.4, -0.2) is 9.97 Å². The van der Waals surface area contributed by atoms with Crippen LogP contribution in [-0.2, 0) is 0 Å². The summed E-state index contributed by atoms with van der Waals surface area (Å²) in [6, 6.07) is 1.93. The molecule has 0 saturated carbocycles. The summed E-state index contributed by atoms with van der Waals surface area (Å²) in [5, 5.41) is 8.30. The van der Waals surface area contributed by atoms with Crippen LogP contribution in [0.25, 0.3) is 0 Å². The first kappa shape index (κ1) is 6.42.